The van der Waals surface area contributed by atoms with Gasteiger partial charge in [-0.25, -0.2) is 4.98 Å². The molecule has 76 valence electrons. The lowest BCUT2D eigenvalue weighted by atomic mass is 10.1. The van der Waals surface area contributed by atoms with Crippen molar-refractivity contribution in [1.82, 2.24) is 4.98 Å². The van der Waals surface area contributed by atoms with Gasteiger partial charge in [-0.15, -0.1) is 0 Å². The van der Waals surface area contributed by atoms with Gasteiger partial charge in [0.2, 0.25) is 0 Å². The van der Waals surface area contributed by atoms with E-state index in [1.807, 2.05) is 0 Å². The third-order valence-corrected chi connectivity index (χ3v) is 2.24. The topological polar surface area (TPSA) is 69.1 Å². The summed E-state index contributed by atoms with van der Waals surface area (Å²) in [5.74, 6) is -0.542. The summed E-state index contributed by atoms with van der Waals surface area (Å²) in [7, 11) is 0. The number of primary amides is 1. The second kappa shape index (κ2) is 3.74. The molecule has 2 heterocycles. The zero-order chi connectivity index (χ0) is 10.8. The standard InChI is InChI=1S/C10H7ClN2O2/c11-9-7(2-1-4-13-9)6-3-5-15-8(6)10(12)14/h1-5H,(H2,12,14). The molecule has 0 radical (unpaired) electrons. The number of amides is 1. The Morgan fingerprint density at radius 2 is 2.20 bits per heavy atom. The van der Waals surface area contributed by atoms with Crippen molar-refractivity contribution >= 4 is 17.5 Å². The molecule has 0 saturated carbocycles. The van der Waals surface area contributed by atoms with Crippen LogP contribution >= 0.6 is 11.6 Å². The lowest BCUT2D eigenvalue weighted by Gasteiger charge is -2.00. The van der Waals surface area contributed by atoms with E-state index in [-0.39, 0.29) is 5.76 Å². The fraction of sp³-hybridized carbons (Fsp3) is 0. The molecule has 2 aromatic heterocycles. The van der Waals surface area contributed by atoms with Crippen LogP contribution in [-0.4, -0.2) is 10.9 Å². The number of pyridine rings is 1. The molecule has 0 saturated heterocycles. The Labute approximate surface area is 90.7 Å². The highest BCUT2D eigenvalue weighted by molar-refractivity contribution is 6.32. The van der Waals surface area contributed by atoms with Crippen molar-refractivity contribution in [2.45, 2.75) is 0 Å². The van der Waals surface area contributed by atoms with E-state index in [1.165, 1.54) is 6.26 Å². The smallest absolute Gasteiger partial charge is 0.285 e. The highest BCUT2D eigenvalue weighted by Gasteiger charge is 2.15. The van der Waals surface area contributed by atoms with Crippen LogP contribution in [0, 0.1) is 0 Å². The maximum absolute atomic E-state index is 11.0. The van der Waals surface area contributed by atoms with Gasteiger partial charge in [0.25, 0.3) is 5.91 Å². The summed E-state index contributed by atoms with van der Waals surface area (Å²) < 4.78 is 4.97. The second-order valence-corrected chi connectivity index (χ2v) is 3.23. The summed E-state index contributed by atoms with van der Waals surface area (Å²) >= 11 is 5.89. The Balaban J connectivity index is 2.59. The van der Waals surface area contributed by atoms with Crippen LogP contribution in [0.15, 0.2) is 35.1 Å². The minimum absolute atomic E-state index is 0.0879. The average Bonchev–Trinajstić information content (AvgIpc) is 2.67. The summed E-state index contributed by atoms with van der Waals surface area (Å²) in [6.45, 7) is 0. The van der Waals surface area contributed by atoms with E-state index in [1.54, 1.807) is 24.4 Å². The lowest BCUT2D eigenvalue weighted by molar-refractivity contribution is 0.0975. The first-order chi connectivity index (χ1) is 7.20. The van der Waals surface area contributed by atoms with Crippen molar-refractivity contribution in [3.05, 3.63) is 41.6 Å². The zero-order valence-corrected chi connectivity index (χ0v) is 8.36. The van der Waals surface area contributed by atoms with E-state index >= 15 is 0 Å². The van der Waals surface area contributed by atoms with Gasteiger partial charge in [-0.1, -0.05) is 11.6 Å². The molecule has 2 aromatic rings. The second-order valence-electron chi connectivity index (χ2n) is 2.87. The fourth-order valence-electron chi connectivity index (χ4n) is 1.30. The Morgan fingerprint density at radius 3 is 2.87 bits per heavy atom. The van der Waals surface area contributed by atoms with Crippen LogP contribution in [0.5, 0.6) is 0 Å². The zero-order valence-electron chi connectivity index (χ0n) is 7.61. The number of aromatic nitrogens is 1. The van der Waals surface area contributed by atoms with Crippen LogP contribution in [0.1, 0.15) is 10.6 Å². The maximum Gasteiger partial charge on any atom is 0.285 e. The maximum atomic E-state index is 11.0. The van der Waals surface area contributed by atoms with Gasteiger partial charge in [-0.05, 0) is 18.2 Å². The van der Waals surface area contributed by atoms with Gasteiger partial charge in [-0.3, -0.25) is 4.79 Å². The summed E-state index contributed by atoms with van der Waals surface area (Å²) in [5, 5.41) is 0.307. The summed E-state index contributed by atoms with van der Waals surface area (Å²) in [6.07, 6.45) is 2.95. The number of furan rings is 1. The van der Waals surface area contributed by atoms with Crippen molar-refractivity contribution in [1.29, 1.82) is 0 Å². The van der Waals surface area contributed by atoms with Crippen LogP contribution in [0.3, 0.4) is 0 Å². The number of hydrogen-bond donors (Lipinski definition) is 1. The third kappa shape index (κ3) is 1.71. The highest BCUT2D eigenvalue weighted by Crippen LogP contribution is 2.29. The van der Waals surface area contributed by atoms with Crippen LogP contribution < -0.4 is 5.73 Å². The van der Waals surface area contributed by atoms with Gasteiger partial charge in [0.05, 0.1) is 6.26 Å². The van der Waals surface area contributed by atoms with Crippen molar-refractivity contribution in [3.63, 3.8) is 0 Å². The van der Waals surface area contributed by atoms with E-state index in [0.29, 0.717) is 16.3 Å². The Kier molecular flexibility index (Phi) is 2.43. The molecule has 15 heavy (non-hydrogen) atoms. The fourth-order valence-corrected chi connectivity index (χ4v) is 1.52. The molecule has 4 nitrogen and oxygen atoms in total. The summed E-state index contributed by atoms with van der Waals surface area (Å²) in [6, 6.07) is 5.09. The molecule has 0 aromatic carbocycles. The van der Waals surface area contributed by atoms with E-state index in [9.17, 15) is 4.79 Å². The SMILES string of the molecule is NC(=O)c1occc1-c1cccnc1Cl. The first-order valence-corrected chi connectivity index (χ1v) is 4.56. The van der Waals surface area contributed by atoms with Gasteiger partial charge < -0.3 is 10.2 Å². The van der Waals surface area contributed by atoms with Crippen LogP contribution in [0.4, 0.5) is 0 Å². The Morgan fingerprint density at radius 1 is 1.40 bits per heavy atom. The molecule has 0 aliphatic heterocycles. The largest absolute Gasteiger partial charge is 0.459 e. The number of carbonyl (C=O) groups is 1. The highest BCUT2D eigenvalue weighted by atomic mass is 35.5. The van der Waals surface area contributed by atoms with Crippen molar-refractivity contribution < 1.29 is 9.21 Å². The molecular weight excluding hydrogens is 216 g/mol. The van der Waals surface area contributed by atoms with Crippen LogP contribution in [0.25, 0.3) is 11.1 Å². The number of halogens is 1. The minimum atomic E-state index is -0.630. The number of nitrogens with two attached hydrogens (primary N) is 1. The molecule has 0 spiro atoms. The molecule has 0 aliphatic carbocycles. The van der Waals surface area contributed by atoms with Gasteiger partial charge >= 0.3 is 0 Å². The van der Waals surface area contributed by atoms with Gasteiger partial charge in [0.1, 0.15) is 5.15 Å². The first-order valence-electron chi connectivity index (χ1n) is 4.18. The van der Waals surface area contributed by atoms with Crippen molar-refractivity contribution in [2.75, 3.05) is 0 Å². The van der Waals surface area contributed by atoms with Crippen molar-refractivity contribution in [2.24, 2.45) is 5.73 Å². The quantitative estimate of drug-likeness (QED) is 0.791. The van der Waals surface area contributed by atoms with E-state index in [4.69, 9.17) is 21.8 Å². The van der Waals surface area contributed by atoms with Gasteiger partial charge in [0, 0.05) is 17.3 Å². The molecule has 0 bridgehead atoms. The lowest BCUT2D eigenvalue weighted by Crippen LogP contribution is -2.10. The van der Waals surface area contributed by atoms with Crippen LogP contribution in [0.2, 0.25) is 5.15 Å². The number of nitrogens with zero attached hydrogens (tertiary/aromatic N) is 1. The molecule has 0 fully saturated rings. The number of hydrogen-bond acceptors (Lipinski definition) is 3. The van der Waals surface area contributed by atoms with Crippen molar-refractivity contribution in [3.8, 4) is 11.1 Å². The molecular formula is C10H7ClN2O2. The molecule has 0 aliphatic rings. The molecule has 0 atom stereocenters. The molecule has 1 amide bonds. The number of carbonyl (C=O) groups excluding carboxylic acids is 1. The Hall–Kier alpha value is -1.81. The number of rotatable bonds is 2. The summed E-state index contributed by atoms with van der Waals surface area (Å²) in [4.78, 5) is 14.9. The molecule has 5 heteroatoms. The minimum Gasteiger partial charge on any atom is -0.459 e. The summed E-state index contributed by atoms with van der Waals surface area (Å²) in [5.41, 5.74) is 6.33. The average molecular weight is 223 g/mol. The van der Waals surface area contributed by atoms with Gasteiger partial charge in [-0.2, -0.15) is 0 Å². The van der Waals surface area contributed by atoms with E-state index < -0.39 is 5.91 Å². The van der Waals surface area contributed by atoms with E-state index in [2.05, 4.69) is 4.98 Å². The molecule has 2 rings (SSSR count). The van der Waals surface area contributed by atoms with E-state index in [0.717, 1.165) is 0 Å². The predicted molar refractivity (Wildman–Crippen MR) is 55.5 cm³/mol. The monoisotopic (exact) mass is 222 g/mol. The normalized spacial score (nSPS) is 10.2. The Bertz CT molecular complexity index is 508. The van der Waals surface area contributed by atoms with Crippen LogP contribution in [-0.2, 0) is 0 Å². The van der Waals surface area contributed by atoms with Gasteiger partial charge in [0.15, 0.2) is 5.76 Å². The first kappa shape index (κ1) is 9.73. The predicted octanol–water partition coefficient (Wildman–Crippen LogP) is 2.09. The molecule has 2 N–H and O–H groups in total. The molecule has 0 unspecified atom stereocenters. The third-order valence-electron chi connectivity index (χ3n) is 1.94.